The van der Waals surface area contributed by atoms with Crippen LogP contribution in [-0.4, -0.2) is 25.0 Å². The third-order valence-corrected chi connectivity index (χ3v) is 4.86. The van der Waals surface area contributed by atoms with E-state index in [1.165, 1.54) is 11.3 Å². The summed E-state index contributed by atoms with van der Waals surface area (Å²) < 4.78 is 0.711. The molecule has 0 unspecified atom stereocenters. The van der Waals surface area contributed by atoms with Crippen molar-refractivity contribution in [1.29, 1.82) is 0 Å². The molecular formula is C12H12BrClN4OS. The third-order valence-electron chi connectivity index (χ3n) is 2.41. The summed E-state index contributed by atoms with van der Waals surface area (Å²) in [5, 5.41) is 4.03. The van der Waals surface area contributed by atoms with E-state index in [4.69, 9.17) is 17.3 Å². The second-order valence-corrected chi connectivity index (χ2v) is 6.43. The number of anilines is 3. The molecule has 2 rings (SSSR count). The first kappa shape index (κ1) is 15.1. The summed E-state index contributed by atoms with van der Waals surface area (Å²) in [6.45, 7) is 0. The van der Waals surface area contributed by atoms with Gasteiger partial charge in [-0.05, 0) is 34.1 Å². The zero-order valence-electron chi connectivity index (χ0n) is 10.8. The number of hydrogen-bond donors (Lipinski definition) is 2. The van der Waals surface area contributed by atoms with Gasteiger partial charge in [-0.25, -0.2) is 4.98 Å². The van der Waals surface area contributed by atoms with Crippen molar-refractivity contribution in [3.8, 4) is 0 Å². The summed E-state index contributed by atoms with van der Waals surface area (Å²) in [6.07, 6.45) is 0. The number of nitrogens with zero attached hydrogens (tertiary/aromatic N) is 2. The highest BCUT2D eigenvalue weighted by Gasteiger charge is 2.17. The Labute approximate surface area is 133 Å². The molecule has 0 aliphatic rings. The number of halogens is 2. The molecule has 0 fully saturated rings. The number of benzene rings is 1. The smallest absolute Gasteiger partial charge is 0.269 e. The second-order valence-electron chi connectivity index (χ2n) is 4.19. The van der Waals surface area contributed by atoms with Crippen molar-refractivity contribution in [1.82, 2.24) is 4.98 Å². The van der Waals surface area contributed by atoms with Crippen molar-refractivity contribution in [2.45, 2.75) is 0 Å². The first-order chi connectivity index (χ1) is 9.38. The molecule has 3 N–H and O–H groups in total. The third kappa shape index (κ3) is 3.23. The number of carbonyl (C=O) groups is 1. The van der Waals surface area contributed by atoms with Gasteiger partial charge in [-0.2, -0.15) is 0 Å². The number of nitrogens with one attached hydrogen (secondary N) is 1. The van der Waals surface area contributed by atoms with Crippen LogP contribution in [0.25, 0.3) is 0 Å². The van der Waals surface area contributed by atoms with Gasteiger partial charge in [0.05, 0.1) is 5.02 Å². The zero-order chi connectivity index (χ0) is 14.9. The molecule has 0 saturated heterocycles. The fourth-order valence-corrected chi connectivity index (χ4v) is 2.74. The SMILES string of the molecule is CN(C)c1nc(N)c(C(=O)Nc2ccc(Cl)c(Br)c2)s1. The molecule has 8 heteroatoms. The van der Waals surface area contributed by atoms with Gasteiger partial charge in [-0.15, -0.1) is 0 Å². The Hall–Kier alpha value is -1.31. The molecular weight excluding hydrogens is 364 g/mol. The van der Waals surface area contributed by atoms with E-state index in [9.17, 15) is 4.79 Å². The largest absolute Gasteiger partial charge is 0.382 e. The lowest BCUT2D eigenvalue weighted by atomic mass is 10.3. The number of nitrogen functional groups attached to an aromatic ring is 1. The van der Waals surface area contributed by atoms with E-state index in [1.807, 2.05) is 14.1 Å². The van der Waals surface area contributed by atoms with Crippen LogP contribution in [0, 0.1) is 0 Å². The van der Waals surface area contributed by atoms with Gasteiger partial charge in [0, 0.05) is 24.3 Å². The maximum absolute atomic E-state index is 12.2. The van der Waals surface area contributed by atoms with Crippen LogP contribution in [-0.2, 0) is 0 Å². The maximum atomic E-state index is 12.2. The number of hydrogen-bond acceptors (Lipinski definition) is 5. The van der Waals surface area contributed by atoms with E-state index in [2.05, 4.69) is 26.2 Å². The molecule has 1 aromatic heterocycles. The lowest BCUT2D eigenvalue weighted by Gasteiger charge is -2.06. The fraction of sp³-hybridized carbons (Fsp3) is 0.167. The summed E-state index contributed by atoms with van der Waals surface area (Å²) in [5.41, 5.74) is 6.40. The molecule has 0 atom stereocenters. The molecule has 2 aromatic rings. The standard InChI is InChI=1S/C12H12BrClN4OS/c1-18(2)12-17-10(15)9(20-12)11(19)16-6-3-4-8(14)7(13)5-6/h3-5H,15H2,1-2H3,(H,16,19). The van der Waals surface area contributed by atoms with Crippen LogP contribution in [0.5, 0.6) is 0 Å². The average Bonchev–Trinajstić information content (AvgIpc) is 2.76. The highest BCUT2D eigenvalue weighted by atomic mass is 79.9. The fourth-order valence-electron chi connectivity index (χ4n) is 1.44. The predicted molar refractivity (Wildman–Crippen MR) is 88.0 cm³/mol. The number of carbonyl (C=O) groups excluding carboxylic acids is 1. The van der Waals surface area contributed by atoms with Gasteiger partial charge in [0.25, 0.3) is 5.91 Å². The highest BCUT2D eigenvalue weighted by molar-refractivity contribution is 9.10. The van der Waals surface area contributed by atoms with E-state index in [0.29, 0.717) is 25.2 Å². The molecule has 1 heterocycles. The first-order valence-electron chi connectivity index (χ1n) is 5.58. The average molecular weight is 376 g/mol. The Morgan fingerprint density at radius 3 is 2.75 bits per heavy atom. The highest BCUT2D eigenvalue weighted by Crippen LogP contribution is 2.29. The monoisotopic (exact) mass is 374 g/mol. The summed E-state index contributed by atoms with van der Waals surface area (Å²) in [4.78, 5) is 18.5. The maximum Gasteiger partial charge on any atom is 0.269 e. The Morgan fingerprint density at radius 2 is 2.20 bits per heavy atom. The van der Waals surface area contributed by atoms with Crippen LogP contribution in [0.3, 0.4) is 0 Å². The van der Waals surface area contributed by atoms with Crippen molar-refractivity contribution in [3.63, 3.8) is 0 Å². The molecule has 0 bridgehead atoms. The summed E-state index contributed by atoms with van der Waals surface area (Å²) in [6, 6.07) is 5.14. The number of nitrogens with two attached hydrogens (primary N) is 1. The second kappa shape index (κ2) is 5.99. The van der Waals surface area contributed by atoms with E-state index in [-0.39, 0.29) is 11.7 Å². The molecule has 20 heavy (non-hydrogen) atoms. The molecule has 1 aromatic carbocycles. The molecule has 0 aliphatic heterocycles. The van der Waals surface area contributed by atoms with Crippen LogP contribution in [0.1, 0.15) is 9.67 Å². The lowest BCUT2D eigenvalue weighted by molar-refractivity contribution is 0.103. The summed E-state index contributed by atoms with van der Waals surface area (Å²) in [7, 11) is 3.69. The van der Waals surface area contributed by atoms with Crippen molar-refractivity contribution >= 4 is 61.4 Å². The minimum absolute atomic E-state index is 0.226. The Balaban J connectivity index is 2.21. The van der Waals surface area contributed by atoms with E-state index >= 15 is 0 Å². The Morgan fingerprint density at radius 1 is 1.50 bits per heavy atom. The number of aromatic nitrogens is 1. The lowest BCUT2D eigenvalue weighted by Crippen LogP contribution is -2.12. The van der Waals surface area contributed by atoms with Gasteiger partial charge in [-0.1, -0.05) is 22.9 Å². The van der Waals surface area contributed by atoms with Crippen LogP contribution in [0.4, 0.5) is 16.6 Å². The van der Waals surface area contributed by atoms with Gasteiger partial charge in [0.15, 0.2) is 5.13 Å². The van der Waals surface area contributed by atoms with Gasteiger partial charge in [0.2, 0.25) is 0 Å². The van der Waals surface area contributed by atoms with Crippen molar-refractivity contribution < 1.29 is 4.79 Å². The summed E-state index contributed by atoms with van der Waals surface area (Å²) >= 11 is 10.5. The van der Waals surface area contributed by atoms with Gasteiger partial charge in [-0.3, -0.25) is 4.79 Å². The molecule has 0 aliphatic carbocycles. The van der Waals surface area contributed by atoms with E-state index < -0.39 is 0 Å². The van der Waals surface area contributed by atoms with E-state index in [0.717, 1.165) is 0 Å². The molecule has 106 valence electrons. The Bertz CT molecular complexity index is 659. The molecule has 0 radical (unpaired) electrons. The molecule has 5 nitrogen and oxygen atoms in total. The molecule has 0 saturated carbocycles. The van der Waals surface area contributed by atoms with Gasteiger partial charge >= 0.3 is 0 Å². The van der Waals surface area contributed by atoms with Crippen molar-refractivity contribution in [3.05, 3.63) is 32.6 Å². The number of amides is 1. The first-order valence-corrected chi connectivity index (χ1v) is 7.57. The van der Waals surface area contributed by atoms with Crippen LogP contribution < -0.4 is 16.0 Å². The van der Waals surface area contributed by atoms with Gasteiger partial charge in [0.1, 0.15) is 10.7 Å². The minimum Gasteiger partial charge on any atom is -0.382 e. The number of rotatable bonds is 3. The van der Waals surface area contributed by atoms with Crippen LogP contribution in [0.2, 0.25) is 5.02 Å². The predicted octanol–water partition coefficient (Wildman–Crippen LogP) is 3.46. The minimum atomic E-state index is -0.290. The van der Waals surface area contributed by atoms with Gasteiger partial charge < -0.3 is 16.0 Å². The van der Waals surface area contributed by atoms with Crippen molar-refractivity contribution in [2.75, 3.05) is 30.0 Å². The van der Waals surface area contributed by atoms with E-state index in [1.54, 1.807) is 23.1 Å². The zero-order valence-corrected chi connectivity index (χ0v) is 13.9. The van der Waals surface area contributed by atoms with Crippen LogP contribution in [0.15, 0.2) is 22.7 Å². The molecule has 0 spiro atoms. The van der Waals surface area contributed by atoms with Crippen molar-refractivity contribution in [2.24, 2.45) is 0 Å². The molecule has 1 amide bonds. The normalized spacial score (nSPS) is 10.4. The topological polar surface area (TPSA) is 71.2 Å². The Kier molecular flexibility index (Phi) is 4.52. The number of thiazole rings is 1. The quantitative estimate of drug-likeness (QED) is 0.862. The summed E-state index contributed by atoms with van der Waals surface area (Å²) in [5.74, 6) is -0.0634. The van der Waals surface area contributed by atoms with Crippen LogP contribution >= 0.6 is 38.9 Å².